The predicted octanol–water partition coefficient (Wildman–Crippen LogP) is 3.28. The van der Waals surface area contributed by atoms with Gasteiger partial charge in [-0.1, -0.05) is 6.07 Å². The van der Waals surface area contributed by atoms with E-state index in [4.69, 9.17) is 14.2 Å². The molecule has 4 nitrogen and oxygen atoms in total. The Morgan fingerprint density at radius 2 is 2.12 bits per heavy atom. The molecule has 2 fully saturated rings. The zero-order chi connectivity index (χ0) is 17.5. The summed E-state index contributed by atoms with van der Waals surface area (Å²) in [6.07, 6.45) is 8.58. The van der Waals surface area contributed by atoms with Gasteiger partial charge < -0.3 is 14.2 Å². The Kier molecular flexibility index (Phi) is 3.07. The van der Waals surface area contributed by atoms with Crippen molar-refractivity contribution in [2.75, 3.05) is 27.3 Å². The molecule has 1 saturated carbocycles. The predicted molar refractivity (Wildman–Crippen MR) is 98.7 cm³/mol. The molecule has 3 aliphatic carbocycles. The molecule has 6 rings (SSSR count). The molecule has 2 unspecified atom stereocenters. The highest BCUT2D eigenvalue weighted by Gasteiger charge is 2.65. The molecule has 0 radical (unpaired) electrons. The van der Waals surface area contributed by atoms with Crippen LogP contribution in [-0.2, 0) is 16.6 Å². The molecule has 4 heteroatoms. The van der Waals surface area contributed by atoms with E-state index in [0.29, 0.717) is 12.0 Å². The number of nitrogens with zero attached hydrogens (tertiary/aromatic N) is 1. The van der Waals surface area contributed by atoms with Gasteiger partial charge in [0.2, 0.25) is 0 Å². The van der Waals surface area contributed by atoms with Crippen molar-refractivity contribution >= 4 is 0 Å². The summed E-state index contributed by atoms with van der Waals surface area (Å²) in [5.74, 6) is 4.45. The van der Waals surface area contributed by atoms with Crippen LogP contribution in [0.4, 0.5) is 0 Å². The third kappa shape index (κ3) is 1.79. The minimum Gasteiger partial charge on any atom is -0.497 e. The average Bonchev–Trinajstić information content (AvgIpc) is 3.41. The van der Waals surface area contributed by atoms with Crippen LogP contribution in [0.3, 0.4) is 0 Å². The highest BCUT2D eigenvalue weighted by atomic mass is 16.6. The second kappa shape index (κ2) is 5.19. The summed E-state index contributed by atoms with van der Waals surface area (Å²) < 4.78 is 18.1. The summed E-state index contributed by atoms with van der Waals surface area (Å²) in [6, 6.07) is 5.02. The molecule has 1 aromatic carbocycles. The molecule has 138 valence electrons. The number of piperidine rings is 1. The number of methoxy groups -OCH3 is 2. The van der Waals surface area contributed by atoms with Crippen molar-refractivity contribution in [3.05, 3.63) is 35.1 Å². The molecule has 4 atom stereocenters. The number of hydrogen-bond acceptors (Lipinski definition) is 4. The zero-order valence-corrected chi connectivity index (χ0v) is 15.7. The van der Waals surface area contributed by atoms with Gasteiger partial charge in [-0.2, -0.15) is 0 Å². The van der Waals surface area contributed by atoms with Gasteiger partial charge in [0, 0.05) is 23.6 Å². The van der Waals surface area contributed by atoms with Gasteiger partial charge in [0.05, 0.1) is 14.2 Å². The maximum atomic E-state index is 6.60. The Morgan fingerprint density at radius 1 is 1.23 bits per heavy atom. The van der Waals surface area contributed by atoms with Crippen molar-refractivity contribution in [3.8, 4) is 11.5 Å². The smallest absolute Gasteiger partial charge is 0.166 e. The van der Waals surface area contributed by atoms with Crippen molar-refractivity contribution < 1.29 is 14.2 Å². The third-order valence-corrected chi connectivity index (χ3v) is 7.69. The van der Waals surface area contributed by atoms with E-state index in [1.54, 1.807) is 14.2 Å². The van der Waals surface area contributed by atoms with E-state index in [-0.39, 0.29) is 11.5 Å². The summed E-state index contributed by atoms with van der Waals surface area (Å²) >= 11 is 0. The Morgan fingerprint density at radius 3 is 2.88 bits per heavy atom. The topological polar surface area (TPSA) is 30.9 Å². The van der Waals surface area contributed by atoms with Crippen molar-refractivity contribution in [1.82, 2.24) is 4.90 Å². The standard InChI is InChI=1S/C22H27NO3/c1-24-17-7-5-14-11-16-15-6-8-18(25-2)21-22(15,19(14)20(17)26-21)9-10-23(16)12-13-3-4-13/h5,7-8,13,15-16,21H,3-4,6,9-12H2,1-2H3/t15?,16-,21+,22?/m0/s1. The highest BCUT2D eigenvalue weighted by Crippen LogP contribution is 2.64. The van der Waals surface area contributed by atoms with Gasteiger partial charge in [-0.25, -0.2) is 0 Å². The zero-order valence-electron chi connectivity index (χ0n) is 15.7. The summed E-state index contributed by atoms with van der Waals surface area (Å²) in [7, 11) is 3.53. The van der Waals surface area contributed by atoms with E-state index >= 15 is 0 Å². The SMILES string of the molecule is COC1=CCC2[C@@H]3Cc4ccc(OC)c5c4C2(CCN3CC2CC2)[C@@H]1O5. The summed E-state index contributed by atoms with van der Waals surface area (Å²) in [6.45, 7) is 2.48. The molecule has 0 amide bonds. The Balaban J connectivity index is 1.53. The molecule has 2 heterocycles. The van der Waals surface area contributed by atoms with Gasteiger partial charge in [0.15, 0.2) is 17.6 Å². The molecule has 0 N–H and O–H groups in total. The summed E-state index contributed by atoms with van der Waals surface area (Å²) in [4.78, 5) is 2.81. The quantitative estimate of drug-likeness (QED) is 0.831. The Labute approximate surface area is 155 Å². The number of ether oxygens (including phenoxy) is 3. The lowest BCUT2D eigenvalue weighted by Crippen LogP contribution is -2.64. The van der Waals surface area contributed by atoms with Crippen molar-refractivity contribution in [3.63, 3.8) is 0 Å². The first kappa shape index (κ1) is 15.4. The first-order chi connectivity index (χ1) is 12.8. The lowest BCUT2D eigenvalue weighted by molar-refractivity contribution is -0.0376. The number of benzene rings is 1. The van der Waals surface area contributed by atoms with E-state index in [9.17, 15) is 0 Å². The van der Waals surface area contributed by atoms with Crippen LogP contribution in [0.15, 0.2) is 24.0 Å². The molecule has 1 spiro atoms. The summed E-state index contributed by atoms with van der Waals surface area (Å²) in [5, 5.41) is 0. The maximum absolute atomic E-state index is 6.60. The van der Waals surface area contributed by atoms with Crippen molar-refractivity contribution in [2.24, 2.45) is 11.8 Å². The van der Waals surface area contributed by atoms with Crippen LogP contribution in [0.5, 0.6) is 11.5 Å². The minimum atomic E-state index is 0.0159. The van der Waals surface area contributed by atoms with Gasteiger partial charge in [-0.15, -0.1) is 0 Å². The fourth-order valence-electron chi connectivity index (χ4n) is 6.41. The van der Waals surface area contributed by atoms with Crippen LogP contribution >= 0.6 is 0 Å². The Bertz CT molecular complexity index is 799. The van der Waals surface area contributed by atoms with Crippen LogP contribution in [0.25, 0.3) is 0 Å². The molecule has 2 aliphatic heterocycles. The van der Waals surface area contributed by atoms with E-state index in [1.807, 2.05) is 0 Å². The molecule has 2 bridgehead atoms. The van der Waals surface area contributed by atoms with Crippen LogP contribution in [0.2, 0.25) is 0 Å². The molecular formula is C22H27NO3. The van der Waals surface area contributed by atoms with Gasteiger partial charge in [0.25, 0.3) is 0 Å². The highest BCUT2D eigenvalue weighted by molar-refractivity contribution is 5.62. The number of hydrogen-bond donors (Lipinski definition) is 0. The van der Waals surface area contributed by atoms with Crippen LogP contribution in [0, 0.1) is 11.8 Å². The van der Waals surface area contributed by atoms with E-state index in [1.165, 1.54) is 43.5 Å². The lowest BCUT2D eigenvalue weighted by atomic mass is 9.53. The van der Waals surface area contributed by atoms with Gasteiger partial charge >= 0.3 is 0 Å². The maximum Gasteiger partial charge on any atom is 0.166 e. The normalized spacial score (nSPS) is 36.8. The van der Waals surface area contributed by atoms with E-state index in [2.05, 4.69) is 23.1 Å². The van der Waals surface area contributed by atoms with E-state index < -0.39 is 0 Å². The second-order valence-electron chi connectivity index (χ2n) is 8.78. The molecule has 1 aromatic rings. The first-order valence-corrected chi connectivity index (χ1v) is 10.1. The Hall–Kier alpha value is -1.68. The van der Waals surface area contributed by atoms with Crippen molar-refractivity contribution in [2.45, 2.75) is 49.7 Å². The average molecular weight is 353 g/mol. The minimum absolute atomic E-state index is 0.0159. The lowest BCUT2D eigenvalue weighted by Gasteiger charge is -2.57. The summed E-state index contributed by atoms with van der Waals surface area (Å²) in [5.41, 5.74) is 2.99. The van der Waals surface area contributed by atoms with Crippen LogP contribution < -0.4 is 9.47 Å². The fraction of sp³-hybridized carbons (Fsp3) is 0.636. The molecule has 1 saturated heterocycles. The molecular weight excluding hydrogens is 326 g/mol. The number of allylic oxidation sites excluding steroid dienone is 1. The van der Waals surface area contributed by atoms with Gasteiger partial charge in [-0.05, 0) is 68.2 Å². The van der Waals surface area contributed by atoms with Crippen molar-refractivity contribution in [1.29, 1.82) is 0 Å². The number of likely N-dealkylation sites (tertiary alicyclic amines) is 1. The molecule has 26 heavy (non-hydrogen) atoms. The second-order valence-corrected chi connectivity index (χ2v) is 8.78. The van der Waals surface area contributed by atoms with E-state index in [0.717, 1.165) is 36.0 Å². The van der Waals surface area contributed by atoms with Crippen LogP contribution in [0.1, 0.15) is 36.8 Å². The van der Waals surface area contributed by atoms with Gasteiger partial charge in [0.1, 0.15) is 5.76 Å². The molecule has 0 aromatic heterocycles. The first-order valence-electron chi connectivity index (χ1n) is 10.1. The fourth-order valence-corrected chi connectivity index (χ4v) is 6.41. The van der Waals surface area contributed by atoms with Gasteiger partial charge in [-0.3, -0.25) is 4.90 Å². The molecule has 5 aliphatic rings. The number of rotatable bonds is 4. The third-order valence-electron chi connectivity index (χ3n) is 7.69. The largest absolute Gasteiger partial charge is 0.497 e. The van der Waals surface area contributed by atoms with Crippen LogP contribution in [-0.4, -0.2) is 44.4 Å². The monoisotopic (exact) mass is 353 g/mol.